The fourth-order valence-corrected chi connectivity index (χ4v) is 6.76. The lowest BCUT2D eigenvalue weighted by Crippen LogP contribution is -2.46. The van der Waals surface area contributed by atoms with Gasteiger partial charge in [-0.3, -0.25) is 24.0 Å². The molecule has 3 aromatic rings. The summed E-state index contributed by atoms with van der Waals surface area (Å²) in [6.45, 7) is -0.355. The third-order valence-electron chi connectivity index (χ3n) is 6.48. The van der Waals surface area contributed by atoms with Gasteiger partial charge in [-0.25, -0.2) is 4.72 Å². The van der Waals surface area contributed by atoms with Gasteiger partial charge in [0.1, 0.15) is 6.54 Å². The smallest absolute Gasteiger partial charge is 0.272 e. The molecule has 2 aliphatic heterocycles. The van der Waals surface area contributed by atoms with Gasteiger partial charge >= 0.3 is 16.4 Å². The van der Waals surface area contributed by atoms with Crippen LogP contribution in [0.3, 0.4) is 0 Å². The number of nitrogens with one attached hydrogen (secondary N) is 1. The average Bonchev–Trinajstić information content (AvgIpc) is 3.62. The van der Waals surface area contributed by atoms with E-state index in [1.54, 1.807) is 18.2 Å². The summed E-state index contributed by atoms with van der Waals surface area (Å²) in [6, 6.07) is 8.41. The highest BCUT2D eigenvalue weighted by atomic mass is 35.5. The number of rotatable bonds is 7. The molecule has 3 amide bonds. The monoisotopic (exact) mass is 627 g/mol. The minimum Gasteiger partial charge on any atom is -0.272 e. The van der Waals surface area contributed by atoms with Crippen LogP contribution >= 0.6 is 23.4 Å². The Labute approximate surface area is 241 Å². The number of halogens is 4. The Balaban J connectivity index is 1.30. The number of hydrogen-bond donors (Lipinski definition) is 1. The lowest BCUT2D eigenvalue weighted by atomic mass is 10.1. The largest absolute Gasteiger partial charge is 0.416 e. The molecule has 2 aromatic carbocycles. The van der Waals surface area contributed by atoms with Crippen molar-refractivity contribution in [2.45, 2.75) is 25.6 Å². The van der Waals surface area contributed by atoms with E-state index in [1.807, 2.05) is 4.72 Å². The topological polar surface area (TPSA) is 122 Å². The maximum absolute atomic E-state index is 13.5. The summed E-state index contributed by atoms with van der Waals surface area (Å²) in [5.41, 5.74) is 0.172. The second-order valence-corrected chi connectivity index (χ2v) is 12.4. The minimum atomic E-state index is -4.60. The van der Waals surface area contributed by atoms with Crippen molar-refractivity contribution >= 4 is 67.6 Å². The number of carbonyl (C=O) groups excluding carboxylic acids is 3. The molecule has 10 nitrogen and oxygen atoms in total. The summed E-state index contributed by atoms with van der Waals surface area (Å²) < 4.78 is 69.5. The number of amides is 3. The number of alkyl halides is 3. The van der Waals surface area contributed by atoms with E-state index in [-0.39, 0.29) is 35.1 Å². The van der Waals surface area contributed by atoms with Gasteiger partial charge in [0, 0.05) is 23.5 Å². The molecule has 0 bridgehead atoms. The van der Waals surface area contributed by atoms with Gasteiger partial charge in [-0.2, -0.15) is 31.0 Å². The van der Waals surface area contributed by atoms with E-state index in [9.17, 15) is 36.0 Å². The number of thioether (sulfide) groups is 1. The molecule has 0 saturated carbocycles. The summed E-state index contributed by atoms with van der Waals surface area (Å²) in [5, 5.41) is 4.02. The molecular formula is C25H21ClF3N5O5S2. The van der Waals surface area contributed by atoms with Crippen molar-refractivity contribution in [2.24, 2.45) is 0 Å². The average molecular weight is 628 g/mol. The fraction of sp³-hybridized carbons (Fsp3) is 0.280. The van der Waals surface area contributed by atoms with Crippen LogP contribution in [0.4, 0.5) is 18.0 Å². The number of benzene rings is 2. The summed E-state index contributed by atoms with van der Waals surface area (Å²) in [6.07, 6.45) is -0.343. The Morgan fingerprint density at radius 3 is 2.56 bits per heavy atom. The van der Waals surface area contributed by atoms with Gasteiger partial charge in [-0.05, 0) is 66.1 Å². The predicted octanol–water partition coefficient (Wildman–Crippen LogP) is 4.25. The first-order valence-electron chi connectivity index (χ1n) is 12.2. The molecule has 0 aliphatic carbocycles. The van der Waals surface area contributed by atoms with Crippen molar-refractivity contribution in [2.75, 3.05) is 19.6 Å². The number of fused-ring (bicyclic) bond motifs is 1. The SMILES string of the molecule is O=C(CN1C(=O)SC(=Cc2ccc3c(cnn3Cc3ccc(Cl)cc3C(F)(F)F)c2)C1=O)NS(=O)(=O)N1CCCC1. The molecular weight excluding hydrogens is 607 g/mol. The van der Waals surface area contributed by atoms with Gasteiger partial charge in [-0.1, -0.05) is 23.7 Å². The lowest BCUT2D eigenvalue weighted by molar-refractivity contribution is -0.138. The van der Waals surface area contributed by atoms with Crippen LogP contribution in [-0.4, -0.2) is 64.1 Å². The first-order valence-corrected chi connectivity index (χ1v) is 14.8. The van der Waals surface area contributed by atoms with Crippen LogP contribution in [0.15, 0.2) is 47.5 Å². The fourth-order valence-electron chi connectivity index (χ4n) is 4.53. The number of carbonyl (C=O) groups is 3. The van der Waals surface area contributed by atoms with Crippen molar-refractivity contribution < 1.29 is 36.0 Å². The third kappa shape index (κ3) is 6.27. The minimum absolute atomic E-state index is 0.0121. The van der Waals surface area contributed by atoms with Crippen LogP contribution in [0.1, 0.15) is 29.5 Å². The highest BCUT2D eigenvalue weighted by molar-refractivity contribution is 8.18. The Bertz CT molecular complexity index is 1700. The predicted molar refractivity (Wildman–Crippen MR) is 146 cm³/mol. The standard InChI is InChI=1S/C25H21ClF3N5O5S2/c26-18-5-4-16(19(11-18)25(27,28)29)13-34-20-6-3-15(9-17(20)12-30-34)10-21-23(36)33(24(37)40-21)14-22(35)31-41(38,39)32-7-1-2-8-32/h3-6,9-12H,1-2,7-8,13-14H2,(H,31,35). The molecule has 2 fully saturated rings. The maximum atomic E-state index is 13.5. The molecule has 1 aromatic heterocycles. The van der Waals surface area contributed by atoms with Crippen molar-refractivity contribution in [3.8, 4) is 0 Å². The number of nitrogens with zero attached hydrogens (tertiary/aromatic N) is 4. The van der Waals surface area contributed by atoms with E-state index in [1.165, 1.54) is 29.1 Å². The van der Waals surface area contributed by atoms with Crippen molar-refractivity contribution in [1.29, 1.82) is 0 Å². The zero-order valence-corrected chi connectivity index (χ0v) is 23.4. The van der Waals surface area contributed by atoms with Crippen LogP contribution in [0.5, 0.6) is 0 Å². The Kier molecular flexibility index (Phi) is 7.89. The molecule has 2 aliphatic rings. The Morgan fingerprint density at radius 2 is 1.85 bits per heavy atom. The quantitative estimate of drug-likeness (QED) is 0.389. The third-order valence-corrected chi connectivity index (χ3v) is 9.16. The van der Waals surface area contributed by atoms with E-state index in [0.717, 1.165) is 10.4 Å². The molecule has 216 valence electrons. The van der Waals surface area contributed by atoms with Crippen molar-refractivity contribution in [3.63, 3.8) is 0 Å². The molecule has 41 heavy (non-hydrogen) atoms. The van der Waals surface area contributed by atoms with Crippen LogP contribution < -0.4 is 4.72 Å². The second-order valence-electron chi connectivity index (χ2n) is 9.32. The van der Waals surface area contributed by atoms with Crippen LogP contribution in [0, 0.1) is 0 Å². The molecule has 0 atom stereocenters. The molecule has 2 saturated heterocycles. The van der Waals surface area contributed by atoms with Gasteiger partial charge in [-0.15, -0.1) is 0 Å². The molecule has 0 unspecified atom stereocenters. The molecule has 0 spiro atoms. The van der Waals surface area contributed by atoms with Gasteiger partial charge in [0.2, 0.25) is 0 Å². The van der Waals surface area contributed by atoms with Crippen LogP contribution in [0.2, 0.25) is 5.02 Å². The molecule has 16 heteroatoms. The Morgan fingerprint density at radius 1 is 1.12 bits per heavy atom. The van der Waals surface area contributed by atoms with E-state index < -0.39 is 45.5 Å². The van der Waals surface area contributed by atoms with E-state index in [0.29, 0.717) is 46.0 Å². The number of aromatic nitrogens is 2. The van der Waals surface area contributed by atoms with Gasteiger partial charge in [0.15, 0.2) is 0 Å². The molecule has 1 N–H and O–H groups in total. The number of imide groups is 1. The number of hydrogen-bond acceptors (Lipinski definition) is 7. The maximum Gasteiger partial charge on any atom is 0.416 e. The molecule has 0 radical (unpaired) electrons. The Hall–Kier alpha value is -3.40. The zero-order valence-electron chi connectivity index (χ0n) is 21.0. The molecule has 3 heterocycles. The van der Waals surface area contributed by atoms with E-state index >= 15 is 0 Å². The second kappa shape index (κ2) is 11.1. The first kappa shape index (κ1) is 29.1. The van der Waals surface area contributed by atoms with Crippen LogP contribution in [0.25, 0.3) is 17.0 Å². The van der Waals surface area contributed by atoms with Gasteiger partial charge in [0.05, 0.1) is 28.7 Å². The lowest BCUT2D eigenvalue weighted by Gasteiger charge is -2.17. The highest BCUT2D eigenvalue weighted by Crippen LogP contribution is 2.35. The highest BCUT2D eigenvalue weighted by Gasteiger charge is 2.38. The van der Waals surface area contributed by atoms with E-state index in [4.69, 9.17) is 11.6 Å². The summed E-state index contributed by atoms with van der Waals surface area (Å²) in [7, 11) is -4.05. The normalized spacial score (nSPS) is 17.8. The van der Waals surface area contributed by atoms with Gasteiger partial charge < -0.3 is 0 Å². The summed E-state index contributed by atoms with van der Waals surface area (Å²) >= 11 is 6.37. The summed E-state index contributed by atoms with van der Waals surface area (Å²) in [5.74, 6) is -1.77. The first-order chi connectivity index (χ1) is 19.3. The van der Waals surface area contributed by atoms with Crippen LogP contribution in [-0.2, 0) is 32.5 Å². The van der Waals surface area contributed by atoms with Crippen molar-refractivity contribution in [1.82, 2.24) is 23.7 Å². The van der Waals surface area contributed by atoms with Crippen molar-refractivity contribution in [3.05, 3.63) is 69.2 Å². The van der Waals surface area contributed by atoms with E-state index in [2.05, 4.69) is 5.10 Å². The zero-order chi connectivity index (χ0) is 29.5. The summed E-state index contributed by atoms with van der Waals surface area (Å²) in [4.78, 5) is 38.3. The van der Waals surface area contributed by atoms with Gasteiger partial charge in [0.25, 0.3) is 17.1 Å². The molecule has 5 rings (SSSR count).